The first-order valence-electron chi connectivity index (χ1n) is 11.0. The minimum Gasteiger partial charge on any atom is -0.497 e. The van der Waals surface area contributed by atoms with Crippen LogP contribution in [0.1, 0.15) is 13.8 Å². The predicted octanol–water partition coefficient (Wildman–Crippen LogP) is 3.14. The third kappa shape index (κ3) is 4.22. The maximum Gasteiger partial charge on any atom is 0.211 e. The lowest BCUT2D eigenvalue weighted by Gasteiger charge is -2.35. The van der Waals surface area contributed by atoms with Gasteiger partial charge < -0.3 is 19.1 Å². The molecule has 0 N–H and O–H groups in total. The van der Waals surface area contributed by atoms with Crippen molar-refractivity contribution in [1.82, 2.24) is 9.47 Å². The van der Waals surface area contributed by atoms with Crippen LogP contribution in [0.3, 0.4) is 0 Å². The highest BCUT2D eigenvalue weighted by atomic mass is 32.2. The second kappa shape index (κ2) is 9.15. The Morgan fingerprint density at radius 2 is 1.67 bits per heavy atom. The van der Waals surface area contributed by atoms with Crippen LogP contribution in [0.2, 0.25) is 0 Å². The van der Waals surface area contributed by atoms with E-state index in [2.05, 4.69) is 11.8 Å². The van der Waals surface area contributed by atoms with Gasteiger partial charge in [-0.3, -0.25) is 4.79 Å². The molecule has 1 aliphatic rings. The van der Waals surface area contributed by atoms with Gasteiger partial charge in [0, 0.05) is 38.9 Å². The summed E-state index contributed by atoms with van der Waals surface area (Å²) >= 11 is 0. The Kier molecular flexibility index (Phi) is 6.45. The summed E-state index contributed by atoms with van der Waals surface area (Å²) < 4.78 is 48.5. The zero-order valence-electron chi connectivity index (χ0n) is 19.0. The number of pyridine rings is 1. The van der Waals surface area contributed by atoms with Gasteiger partial charge >= 0.3 is 0 Å². The van der Waals surface area contributed by atoms with Crippen molar-refractivity contribution in [2.45, 2.75) is 30.2 Å². The van der Waals surface area contributed by atoms with Crippen LogP contribution >= 0.6 is 0 Å². The molecular formula is C24H28FN3O4S. The van der Waals surface area contributed by atoms with Gasteiger partial charge in [-0.25, -0.2) is 12.8 Å². The molecule has 3 aromatic rings. The average molecular weight is 474 g/mol. The van der Waals surface area contributed by atoms with Crippen molar-refractivity contribution >= 4 is 26.4 Å². The van der Waals surface area contributed by atoms with E-state index in [-0.39, 0.29) is 15.2 Å². The molecule has 0 atom stereocenters. The molecular weight excluding hydrogens is 445 g/mol. The Hall–Kier alpha value is -2.91. The molecule has 0 radical (unpaired) electrons. The second-order valence-corrected chi connectivity index (χ2v) is 9.95. The topological polar surface area (TPSA) is 71.8 Å². The minimum atomic E-state index is -4.10. The maximum absolute atomic E-state index is 15.2. The van der Waals surface area contributed by atoms with Gasteiger partial charge in [-0.2, -0.15) is 0 Å². The lowest BCUT2D eigenvalue weighted by atomic mass is 10.1. The molecule has 9 heteroatoms. The Morgan fingerprint density at radius 3 is 2.24 bits per heavy atom. The van der Waals surface area contributed by atoms with Crippen molar-refractivity contribution < 1.29 is 17.5 Å². The molecule has 1 aromatic heterocycles. The number of likely N-dealkylation sites (N-methyl/N-ethyl adjacent to an activating group) is 1. The quantitative estimate of drug-likeness (QED) is 0.548. The van der Waals surface area contributed by atoms with Crippen LogP contribution in [-0.4, -0.2) is 57.7 Å². The minimum absolute atomic E-state index is 0.0201. The van der Waals surface area contributed by atoms with Gasteiger partial charge in [0.15, 0.2) is 0 Å². The number of fused-ring (bicyclic) bond motifs is 1. The number of ether oxygens (including phenoxy) is 1. The molecule has 1 fully saturated rings. The first-order valence-corrected chi connectivity index (χ1v) is 12.5. The van der Waals surface area contributed by atoms with E-state index in [0.717, 1.165) is 19.6 Å². The second-order valence-electron chi connectivity index (χ2n) is 8.03. The lowest BCUT2D eigenvalue weighted by Crippen LogP contribution is -2.46. The van der Waals surface area contributed by atoms with Crippen molar-refractivity contribution in [2.75, 3.05) is 44.7 Å². The Bertz CT molecular complexity index is 1330. The van der Waals surface area contributed by atoms with Crippen LogP contribution < -0.4 is 15.1 Å². The molecule has 0 bridgehead atoms. The maximum atomic E-state index is 15.2. The fourth-order valence-electron chi connectivity index (χ4n) is 4.25. The fourth-order valence-corrected chi connectivity index (χ4v) is 5.62. The summed E-state index contributed by atoms with van der Waals surface area (Å²) in [6, 6.07) is 8.69. The zero-order chi connectivity index (χ0) is 23.8. The van der Waals surface area contributed by atoms with Crippen LogP contribution in [0, 0.1) is 5.82 Å². The molecule has 2 heterocycles. The number of methoxy groups -OCH3 is 1. The Morgan fingerprint density at radius 1 is 1.00 bits per heavy atom. The number of hydrogen-bond acceptors (Lipinski definition) is 6. The van der Waals surface area contributed by atoms with E-state index >= 15 is 4.39 Å². The number of piperazine rings is 1. The number of anilines is 1. The summed E-state index contributed by atoms with van der Waals surface area (Å²) in [5.41, 5.74) is 0.253. The van der Waals surface area contributed by atoms with Gasteiger partial charge in [0.25, 0.3) is 0 Å². The summed E-state index contributed by atoms with van der Waals surface area (Å²) in [6.45, 7) is 8.40. The fraction of sp³-hybridized carbons (Fsp3) is 0.375. The summed E-state index contributed by atoms with van der Waals surface area (Å²) in [7, 11) is -2.61. The Balaban J connectivity index is 1.83. The van der Waals surface area contributed by atoms with Crippen molar-refractivity contribution in [3.63, 3.8) is 0 Å². The average Bonchev–Trinajstić information content (AvgIpc) is 2.84. The predicted molar refractivity (Wildman–Crippen MR) is 127 cm³/mol. The third-order valence-corrected chi connectivity index (χ3v) is 8.04. The van der Waals surface area contributed by atoms with Crippen LogP contribution in [0.25, 0.3) is 10.9 Å². The smallest absolute Gasteiger partial charge is 0.211 e. The first kappa shape index (κ1) is 23.3. The van der Waals surface area contributed by atoms with Gasteiger partial charge in [-0.05, 0) is 49.9 Å². The van der Waals surface area contributed by atoms with E-state index in [1.807, 2.05) is 11.8 Å². The normalized spacial score (nSPS) is 15.2. The highest BCUT2D eigenvalue weighted by molar-refractivity contribution is 7.91. The monoisotopic (exact) mass is 473 g/mol. The molecule has 176 valence electrons. The van der Waals surface area contributed by atoms with Crippen molar-refractivity contribution in [3.8, 4) is 5.75 Å². The van der Waals surface area contributed by atoms with Crippen LogP contribution in [-0.2, 0) is 16.4 Å². The molecule has 7 nitrogen and oxygen atoms in total. The molecule has 1 aliphatic heterocycles. The molecule has 0 amide bonds. The number of benzene rings is 2. The summed E-state index contributed by atoms with van der Waals surface area (Å²) in [5.74, 6) is -0.0148. The number of aromatic nitrogens is 1. The number of sulfone groups is 1. The highest BCUT2D eigenvalue weighted by Gasteiger charge is 2.26. The third-order valence-electron chi connectivity index (χ3n) is 6.28. The number of halogens is 1. The summed E-state index contributed by atoms with van der Waals surface area (Å²) in [6.07, 6.45) is 1.36. The zero-order valence-corrected chi connectivity index (χ0v) is 19.9. The molecule has 4 rings (SSSR count). The van der Waals surface area contributed by atoms with Crippen LogP contribution in [0.5, 0.6) is 5.75 Å². The van der Waals surface area contributed by atoms with E-state index in [4.69, 9.17) is 4.74 Å². The van der Waals surface area contributed by atoms with Crippen molar-refractivity contribution in [3.05, 3.63) is 58.6 Å². The molecule has 1 saturated heterocycles. The van der Waals surface area contributed by atoms with Crippen LogP contribution in [0.15, 0.2) is 57.2 Å². The summed E-state index contributed by atoms with van der Waals surface area (Å²) in [4.78, 5) is 17.1. The number of nitrogens with zero attached hydrogens (tertiary/aromatic N) is 3. The SMILES string of the molecule is CCN1CCN(c2cc3c(cc2F)c(=O)c(S(=O)(=O)c2ccc(OC)cc2)cn3CC)CC1. The molecule has 0 aliphatic carbocycles. The number of hydrogen-bond donors (Lipinski definition) is 0. The standard InChI is InChI=1S/C24H28FN3O4S/c1-4-26-10-12-28(13-11-26)22-15-21-19(14-20(22)25)24(29)23(16-27(21)5-2)33(30,31)18-8-6-17(32-3)7-9-18/h6-9,14-16H,4-5,10-13H2,1-3H3. The largest absolute Gasteiger partial charge is 0.497 e. The van der Waals surface area contributed by atoms with E-state index in [9.17, 15) is 13.2 Å². The molecule has 33 heavy (non-hydrogen) atoms. The van der Waals surface area contributed by atoms with Crippen molar-refractivity contribution in [2.24, 2.45) is 0 Å². The van der Waals surface area contributed by atoms with E-state index in [0.29, 0.717) is 36.6 Å². The highest BCUT2D eigenvalue weighted by Crippen LogP contribution is 2.28. The van der Waals surface area contributed by atoms with Gasteiger partial charge in [0.2, 0.25) is 15.3 Å². The van der Waals surface area contributed by atoms with Crippen LogP contribution in [0.4, 0.5) is 10.1 Å². The summed E-state index contributed by atoms with van der Waals surface area (Å²) in [5, 5.41) is 0.0554. The van der Waals surface area contributed by atoms with Gasteiger partial charge in [-0.1, -0.05) is 6.92 Å². The molecule has 0 saturated carbocycles. The van der Waals surface area contributed by atoms with Gasteiger partial charge in [-0.15, -0.1) is 0 Å². The number of rotatable bonds is 6. The van der Waals surface area contributed by atoms with Gasteiger partial charge in [0.05, 0.1) is 28.6 Å². The van der Waals surface area contributed by atoms with E-state index < -0.39 is 21.1 Å². The lowest BCUT2D eigenvalue weighted by molar-refractivity contribution is 0.270. The first-order chi connectivity index (χ1) is 15.8. The Labute approximate surface area is 192 Å². The number of aryl methyl sites for hydroxylation is 1. The van der Waals surface area contributed by atoms with E-state index in [1.54, 1.807) is 10.6 Å². The van der Waals surface area contributed by atoms with E-state index in [1.165, 1.54) is 43.6 Å². The van der Waals surface area contributed by atoms with Crippen molar-refractivity contribution in [1.29, 1.82) is 0 Å². The molecule has 2 aromatic carbocycles. The van der Waals surface area contributed by atoms with Gasteiger partial charge in [0.1, 0.15) is 16.5 Å². The molecule has 0 spiro atoms. The molecule has 0 unspecified atom stereocenters.